The summed E-state index contributed by atoms with van der Waals surface area (Å²) in [5.41, 5.74) is 1.23. The Morgan fingerprint density at radius 1 is 1.64 bits per heavy atom. The lowest BCUT2D eigenvalue weighted by Crippen LogP contribution is -2.02. The molecule has 0 saturated heterocycles. The van der Waals surface area contributed by atoms with Crippen molar-refractivity contribution in [3.05, 3.63) is 20.3 Å². The molecule has 0 aliphatic heterocycles. The standard InChI is InChI=1S/C10H13BrO2S/c1-3-9-6-8(10(11)14-9)4-5-13-7(2)12/h6H,3-5H2,1-2H3. The molecule has 14 heavy (non-hydrogen) atoms. The first-order valence-electron chi connectivity index (χ1n) is 4.54. The van der Waals surface area contributed by atoms with Crippen LogP contribution in [0.4, 0.5) is 0 Å². The van der Waals surface area contributed by atoms with Crippen LogP contribution >= 0.6 is 27.3 Å². The predicted octanol–water partition coefficient (Wildman–Crippen LogP) is 3.18. The Kier molecular flexibility index (Phi) is 4.62. The SMILES string of the molecule is CCc1cc(CCOC(C)=O)c(Br)s1. The van der Waals surface area contributed by atoms with Crippen molar-refractivity contribution in [2.24, 2.45) is 0 Å². The van der Waals surface area contributed by atoms with Crippen molar-refractivity contribution in [2.45, 2.75) is 26.7 Å². The molecular formula is C10H13BrO2S. The summed E-state index contributed by atoms with van der Waals surface area (Å²) in [6, 6.07) is 2.16. The minimum absolute atomic E-state index is 0.216. The van der Waals surface area contributed by atoms with Crippen molar-refractivity contribution in [1.82, 2.24) is 0 Å². The van der Waals surface area contributed by atoms with Crippen LogP contribution in [0.25, 0.3) is 0 Å². The van der Waals surface area contributed by atoms with Crippen LogP contribution in [0.15, 0.2) is 9.85 Å². The summed E-state index contributed by atoms with van der Waals surface area (Å²) in [6.07, 6.45) is 1.84. The van der Waals surface area contributed by atoms with Crippen molar-refractivity contribution in [3.63, 3.8) is 0 Å². The highest BCUT2D eigenvalue weighted by atomic mass is 79.9. The zero-order valence-corrected chi connectivity index (χ0v) is 10.7. The average molecular weight is 277 g/mol. The second-order valence-electron chi connectivity index (χ2n) is 2.96. The molecule has 0 fully saturated rings. The van der Waals surface area contributed by atoms with E-state index in [9.17, 15) is 4.79 Å². The number of thiophene rings is 1. The van der Waals surface area contributed by atoms with E-state index < -0.39 is 0 Å². The zero-order chi connectivity index (χ0) is 10.6. The molecule has 0 unspecified atom stereocenters. The summed E-state index contributed by atoms with van der Waals surface area (Å²) in [5, 5.41) is 0. The normalized spacial score (nSPS) is 10.2. The molecular weight excluding hydrogens is 264 g/mol. The largest absolute Gasteiger partial charge is 0.466 e. The topological polar surface area (TPSA) is 26.3 Å². The van der Waals surface area contributed by atoms with Gasteiger partial charge in [0.05, 0.1) is 10.4 Å². The van der Waals surface area contributed by atoms with Crippen LogP contribution in [0.3, 0.4) is 0 Å². The molecule has 1 aromatic rings. The van der Waals surface area contributed by atoms with Gasteiger partial charge in [0.25, 0.3) is 0 Å². The number of halogens is 1. The lowest BCUT2D eigenvalue weighted by molar-refractivity contribution is -0.140. The van der Waals surface area contributed by atoms with Crippen molar-refractivity contribution >= 4 is 33.2 Å². The molecule has 0 radical (unpaired) electrons. The van der Waals surface area contributed by atoms with Gasteiger partial charge < -0.3 is 4.74 Å². The van der Waals surface area contributed by atoms with Gasteiger partial charge in [-0.2, -0.15) is 0 Å². The van der Waals surface area contributed by atoms with E-state index >= 15 is 0 Å². The van der Waals surface area contributed by atoms with E-state index in [-0.39, 0.29) is 5.97 Å². The smallest absolute Gasteiger partial charge is 0.302 e. The number of carbonyl (C=O) groups excluding carboxylic acids is 1. The Bertz CT molecular complexity index is 320. The van der Waals surface area contributed by atoms with Crippen molar-refractivity contribution in [2.75, 3.05) is 6.61 Å². The van der Waals surface area contributed by atoms with Gasteiger partial charge in [0.15, 0.2) is 0 Å². The monoisotopic (exact) mass is 276 g/mol. The summed E-state index contributed by atoms with van der Waals surface area (Å²) < 4.78 is 6.04. The molecule has 0 atom stereocenters. The van der Waals surface area contributed by atoms with E-state index in [2.05, 4.69) is 28.9 Å². The highest BCUT2D eigenvalue weighted by Gasteiger charge is 2.05. The quantitative estimate of drug-likeness (QED) is 0.790. The van der Waals surface area contributed by atoms with Gasteiger partial charge in [-0.3, -0.25) is 4.79 Å². The average Bonchev–Trinajstić information content (AvgIpc) is 2.47. The molecule has 1 rings (SSSR count). The zero-order valence-electron chi connectivity index (χ0n) is 8.30. The first-order chi connectivity index (χ1) is 6.63. The number of carbonyl (C=O) groups is 1. The highest BCUT2D eigenvalue weighted by molar-refractivity contribution is 9.11. The third-order valence-electron chi connectivity index (χ3n) is 1.83. The molecule has 0 aliphatic carbocycles. The minimum Gasteiger partial charge on any atom is -0.466 e. The first-order valence-corrected chi connectivity index (χ1v) is 6.15. The van der Waals surface area contributed by atoms with Crippen LogP contribution in [-0.2, 0) is 22.4 Å². The number of rotatable bonds is 4. The van der Waals surface area contributed by atoms with Gasteiger partial charge in [0, 0.05) is 18.2 Å². The van der Waals surface area contributed by atoms with Crippen LogP contribution in [0.5, 0.6) is 0 Å². The van der Waals surface area contributed by atoms with Crippen LogP contribution in [0, 0.1) is 0 Å². The van der Waals surface area contributed by atoms with E-state index in [4.69, 9.17) is 4.74 Å². The molecule has 1 aromatic heterocycles. The fraction of sp³-hybridized carbons (Fsp3) is 0.500. The molecule has 0 aliphatic rings. The van der Waals surface area contributed by atoms with Gasteiger partial charge in [-0.15, -0.1) is 11.3 Å². The van der Waals surface area contributed by atoms with E-state index in [1.54, 1.807) is 11.3 Å². The summed E-state index contributed by atoms with van der Waals surface area (Å²) in [4.78, 5) is 11.9. The van der Waals surface area contributed by atoms with Crippen molar-refractivity contribution < 1.29 is 9.53 Å². The number of hydrogen-bond acceptors (Lipinski definition) is 3. The number of hydrogen-bond donors (Lipinski definition) is 0. The molecule has 0 aromatic carbocycles. The number of aryl methyl sites for hydroxylation is 1. The van der Waals surface area contributed by atoms with Gasteiger partial charge in [0.2, 0.25) is 0 Å². The van der Waals surface area contributed by atoms with Gasteiger partial charge in [0.1, 0.15) is 0 Å². The maximum Gasteiger partial charge on any atom is 0.302 e. The Morgan fingerprint density at radius 3 is 2.86 bits per heavy atom. The lowest BCUT2D eigenvalue weighted by Gasteiger charge is -1.99. The highest BCUT2D eigenvalue weighted by Crippen LogP contribution is 2.28. The molecule has 78 valence electrons. The summed E-state index contributed by atoms with van der Waals surface area (Å²) in [5.74, 6) is -0.216. The second kappa shape index (κ2) is 5.51. The van der Waals surface area contributed by atoms with Crippen molar-refractivity contribution in [1.29, 1.82) is 0 Å². The summed E-state index contributed by atoms with van der Waals surface area (Å²) >= 11 is 5.25. The van der Waals surface area contributed by atoms with Gasteiger partial charge in [-0.1, -0.05) is 6.92 Å². The van der Waals surface area contributed by atoms with E-state index in [1.165, 1.54) is 17.4 Å². The van der Waals surface area contributed by atoms with Gasteiger partial charge >= 0.3 is 5.97 Å². The van der Waals surface area contributed by atoms with Crippen LogP contribution in [0.2, 0.25) is 0 Å². The second-order valence-corrected chi connectivity index (χ2v) is 5.41. The maximum absolute atomic E-state index is 10.5. The van der Waals surface area contributed by atoms with E-state index in [0.717, 1.165) is 16.6 Å². The third kappa shape index (κ3) is 3.42. The number of esters is 1. The molecule has 0 amide bonds. The fourth-order valence-electron chi connectivity index (χ4n) is 1.11. The Balaban J connectivity index is 2.49. The summed E-state index contributed by atoms with van der Waals surface area (Å²) in [6.45, 7) is 4.03. The minimum atomic E-state index is -0.216. The van der Waals surface area contributed by atoms with Crippen LogP contribution in [-0.4, -0.2) is 12.6 Å². The molecule has 0 spiro atoms. The van der Waals surface area contributed by atoms with Crippen LogP contribution < -0.4 is 0 Å². The molecule has 0 saturated carbocycles. The Morgan fingerprint density at radius 2 is 2.36 bits per heavy atom. The number of ether oxygens (including phenoxy) is 1. The summed E-state index contributed by atoms with van der Waals surface area (Å²) in [7, 11) is 0. The molecule has 4 heteroatoms. The first kappa shape index (κ1) is 11.7. The molecule has 2 nitrogen and oxygen atoms in total. The van der Waals surface area contributed by atoms with E-state index in [1.807, 2.05) is 0 Å². The van der Waals surface area contributed by atoms with Crippen molar-refractivity contribution in [3.8, 4) is 0 Å². The maximum atomic E-state index is 10.5. The molecule has 0 N–H and O–H groups in total. The van der Waals surface area contributed by atoms with E-state index in [0.29, 0.717) is 6.61 Å². The van der Waals surface area contributed by atoms with Crippen LogP contribution in [0.1, 0.15) is 24.3 Å². The van der Waals surface area contributed by atoms with Gasteiger partial charge in [-0.25, -0.2) is 0 Å². The third-order valence-corrected chi connectivity index (χ3v) is 3.94. The molecule has 0 bridgehead atoms. The lowest BCUT2D eigenvalue weighted by atomic mass is 10.2. The Hall–Kier alpha value is -0.350. The predicted molar refractivity (Wildman–Crippen MR) is 61.7 cm³/mol. The molecule has 1 heterocycles. The Labute approximate surface area is 96.4 Å². The van der Waals surface area contributed by atoms with Gasteiger partial charge in [-0.05, 0) is 34.0 Å². The fourth-order valence-corrected chi connectivity index (χ4v) is 2.91.